The zero-order valence-electron chi connectivity index (χ0n) is 11.5. The molecule has 0 bridgehead atoms. The quantitative estimate of drug-likeness (QED) is 0.545. The van der Waals surface area contributed by atoms with Gasteiger partial charge in [-0.05, 0) is 31.7 Å². The van der Waals surface area contributed by atoms with E-state index in [1.165, 1.54) is 20.0 Å². The Kier molecular flexibility index (Phi) is 5.69. The molecule has 0 radical (unpaired) electrons. The van der Waals surface area contributed by atoms with Crippen molar-refractivity contribution in [3.8, 4) is 0 Å². The van der Waals surface area contributed by atoms with Gasteiger partial charge in [-0.3, -0.25) is 4.90 Å². The van der Waals surface area contributed by atoms with E-state index in [0.29, 0.717) is 12.0 Å². The van der Waals surface area contributed by atoms with E-state index in [9.17, 15) is 4.79 Å². The highest BCUT2D eigenvalue weighted by Gasteiger charge is 2.26. The van der Waals surface area contributed by atoms with Crippen molar-refractivity contribution in [2.75, 3.05) is 20.2 Å². The molecule has 3 heteroatoms. The number of rotatable bonds is 5. The van der Waals surface area contributed by atoms with Crippen LogP contribution in [0.15, 0.2) is 11.6 Å². The van der Waals surface area contributed by atoms with Gasteiger partial charge in [-0.1, -0.05) is 26.8 Å². The second kappa shape index (κ2) is 6.80. The summed E-state index contributed by atoms with van der Waals surface area (Å²) in [5.41, 5.74) is 0.793. The Labute approximate surface area is 105 Å². The van der Waals surface area contributed by atoms with E-state index in [2.05, 4.69) is 18.7 Å². The van der Waals surface area contributed by atoms with E-state index in [4.69, 9.17) is 4.74 Å². The second-order valence-electron chi connectivity index (χ2n) is 5.02. The molecule has 0 aromatic rings. The van der Waals surface area contributed by atoms with Crippen LogP contribution in [0.2, 0.25) is 0 Å². The summed E-state index contributed by atoms with van der Waals surface area (Å²) in [6.07, 6.45) is 5.33. The van der Waals surface area contributed by atoms with E-state index < -0.39 is 0 Å². The van der Waals surface area contributed by atoms with Crippen LogP contribution in [0, 0.1) is 5.92 Å². The summed E-state index contributed by atoms with van der Waals surface area (Å²) in [6.45, 7) is 8.56. The maximum absolute atomic E-state index is 11.5. The molecular weight excluding hydrogens is 214 g/mol. The highest BCUT2D eigenvalue weighted by Crippen LogP contribution is 2.23. The van der Waals surface area contributed by atoms with Gasteiger partial charge in [0.2, 0.25) is 0 Å². The molecule has 0 N–H and O–H groups in total. The van der Waals surface area contributed by atoms with E-state index in [-0.39, 0.29) is 5.97 Å². The smallest absolute Gasteiger partial charge is 0.333 e. The van der Waals surface area contributed by atoms with E-state index in [0.717, 1.165) is 25.1 Å². The fraction of sp³-hybridized carbons (Fsp3) is 0.786. The van der Waals surface area contributed by atoms with Crippen molar-refractivity contribution in [2.24, 2.45) is 5.92 Å². The first-order valence-corrected chi connectivity index (χ1v) is 6.61. The summed E-state index contributed by atoms with van der Waals surface area (Å²) in [5, 5.41) is 0. The van der Waals surface area contributed by atoms with Crippen LogP contribution in [-0.4, -0.2) is 37.1 Å². The molecule has 98 valence electrons. The number of carbonyl (C=O) groups is 1. The van der Waals surface area contributed by atoms with Gasteiger partial charge in [0.25, 0.3) is 0 Å². The summed E-state index contributed by atoms with van der Waals surface area (Å²) in [6, 6.07) is 0.669. The largest absolute Gasteiger partial charge is 0.466 e. The zero-order chi connectivity index (χ0) is 12.8. The van der Waals surface area contributed by atoms with E-state index in [1.54, 1.807) is 0 Å². The minimum atomic E-state index is -0.187. The molecule has 0 aromatic carbocycles. The molecule has 1 unspecified atom stereocenters. The molecule has 3 nitrogen and oxygen atoms in total. The van der Waals surface area contributed by atoms with Crippen LogP contribution in [-0.2, 0) is 9.53 Å². The number of likely N-dealkylation sites (tertiary alicyclic amines) is 1. The Bertz CT molecular complexity index is 284. The maximum atomic E-state index is 11.5. The van der Waals surface area contributed by atoms with Gasteiger partial charge < -0.3 is 4.74 Å². The Morgan fingerprint density at radius 3 is 2.76 bits per heavy atom. The number of hydrogen-bond donors (Lipinski definition) is 0. The second-order valence-corrected chi connectivity index (χ2v) is 5.02. The molecule has 1 aliphatic heterocycles. The fourth-order valence-electron chi connectivity index (χ4n) is 2.56. The van der Waals surface area contributed by atoms with Gasteiger partial charge in [-0.15, -0.1) is 0 Å². The Morgan fingerprint density at radius 1 is 1.53 bits per heavy atom. The number of hydrogen-bond acceptors (Lipinski definition) is 3. The maximum Gasteiger partial charge on any atom is 0.333 e. The minimum Gasteiger partial charge on any atom is -0.466 e. The first-order chi connectivity index (χ1) is 8.10. The fourth-order valence-corrected chi connectivity index (χ4v) is 2.56. The summed E-state index contributed by atoms with van der Waals surface area (Å²) in [5.74, 6) is 0.502. The van der Waals surface area contributed by atoms with Gasteiger partial charge in [0.1, 0.15) is 0 Å². The summed E-state index contributed by atoms with van der Waals surface area (Å²) in [7, 11) is 1.44. The topological polar surface area (TPSA) is 29.5 Å². The van der Waals surface area contributed by atoms with Gasteiger partial charge in [-0.2, -0.15) is 0 Å². The average Bonchev–Trinajstić information content (AvgIpc) is 2.77. The lowest BCUT2D eigenvalue weighted by atomic mass is 10.0. The van der Waals surface area contributed by atoms with Crippen LogP contribution in [0.4, 0.5) is 0 Å². The summed E-state index contributed by atoms with van der Waals surface area (Å²) < 4.78 is 4.77. The number of methoxy groups -OCH3 is 1. The van der Waals surface area contributed by atoms with Crippen molar-refractivity contribution in [3.63, 3.8) is 0 Å². The third-order valence-electron chi connectivity index (χ3n) is 3.58. The van der Waals surface area contributed by atoms with Crippen LogP contribution in [0.3, 0.4) is 0 Å². The highest BCUT2D eigenvalue weighted by molar-refractivity contribution is 5.88. The van der Waals surface area contributed by atoms with Crippen molar-refractivity contribution in [1.82, 2.24) is 4.90 Å². The van der Waals surface area contributed by atoms with Gasteiger partial charge in [0.05, 0.1) is 7.11 Å². The molecule has 0 aromatic heterocycles. The van der Waals surface area contributed by atoms with Crippen LogP contribution >= 0.6 is 0 Å². The van der Waals surface area contributed by atoms with Gasteiger partial charge >= 0.3 is 5.97 Å². The number of carbonyl (C=O) groups excluding carboxylic acids is 1. The van der Waals surface area contributed by atoms with Crippen LogP contribution in [0.25, 0.3) is 0 Å². The molecule has 0 spiro atoms. The monoisotopic (exact) mass is 239 g/mol. The lowest BCUT2D eigenvalue weighted by Gasteiger charge is -2.26. The van der Waals surface area contributed by atoms with Crippen molar-refractivity contribution in [2.45, 2.75) is 46.1 Å². The zero-order valence-corrected chi connectivity index (χ0v) is 11.5. The van der Waals surface area contributed by atoms with Crippen molar-refractivity contribution >= 4 is 5.97 Å². The third-order valence-corrected chi connectivity index (χ3v) is 3.58. The normalized spacial score (nSPS) is 22.2. The van der Waals surface area contributed by atoms with Crippen LogP contribution in [0.1, 0.15) is 40.0 Å². The molecule has 1 saturated heterocycles. The predicted octanol–water partition coefficient (Wildman–Crippen LogP) is 2.62. The lowest BCUT2D eigenvalue weighted by Crippen LogP contribution is -2.33. The molecule has 1 fully saturated rings. The molecule has 1 rings (SSSR count). The standard InChI is InChI=1S/C14H25NO2/c1-5-12(14(16)17-4)8-10-15-9-6-7-13(15)11(2)3/h8,11,13H,5-7,9-10H2,1-4H3. The third kappa shape index (κ3) is 3.84. The Balaban J connectivity index is 2.58. The van der Waals surface area contributed by atoms with Crippen LogP contribution in [0.5, 0.6) is 0 Å². The SMILES string of the molecule is CCC(=CCN1CCCC1C(C)C)C(=O)OC. The Hall–Kier alpha value is -0.830. The molecule has 0 aliphatic carbocycles. The Morgan fingerprint density at radius 2 is 2.24 bits per heavy atom. The molecule has 1 atom stereocenters. The lowest BCUT2D eigenvalue weighted by molar-refractivity contribution is -0.136. The predicted molar refractivity (Wildman–Crippen MR) is 69.8 cm³/mol. The summed E-state index contributed by atoms with van der Waals surface area (Å²) >= 11 is 0. The first kappa shape index (κ1) is 14.2. The van der Waals surface area contributed by atoms with Crippen LogP contribution < -0.4 is 0 Å². The molecule has 1 heterocycles. The summed E-state index contributed by atoms with van der Waals surface area (Å²) in [4.78, 5) is 13.9. The minimum absolute atomic E-state index is 0.187. The molecule has 1 aliphatic rings. The molecular formula is C14H25NO2. The van der Waals surface area contributed by atoms with Crippen molar-refractivity contribution in [3.05, 3.63) is 11.6 Å². The van der Waals surface area contributed by atoms with Crippen molar-refractivity contribution in [1.29, 1.82) is 0 Å². The first-order valence-electron chi connectivity index (χ1n) is 6.61. The van der Waals surface area contributed by atoms with Gasteiger partial charge in [-0.25, -0.2) is 4.79 Å². The van der Waals surface area contributed by atoms with Gasteiger partial charge in [0, 0.05) is 18.2 Å². The molecule has 0 amide bonds. The number of ether oxygens (including phenoxy) is 1. The highest BCUT2D eigenvalue weighted by atomic mass is 16.5. The number of esters is 1. The number of nitrogens with zero attached hydrogens (tertiary/aromatic N) is 1. The van der Waals surface area contributed by atoms with E-state index in [1.807, 2.05) is 13.0 Å². The van der Waals surface area contributed by atoms with Crippen molar-refractivity contribution < 1.29 is 9.53 Å². The van der Waals surface area contributed by atoms with Gasteiger partial charge in [0.15, 0.2) is 0 Å². The molecule has 17 heavy (non-hydrogen) atoms. The molecule has 0 saturated carbocycles. The average molecular weight is 239 g/mol. The van der Waals surface area contributed by atoms with E-state index >= 15 is 0 Å².